The number of nitrogens with one attached hydrogen (secondary N) is 2. The molecule has 1 fully saturated rings. The minimum atomic E-state index is -3.26. The van der Waals surface area contributed by atoms with Gasteiger partial charge in [0.2, 0.25) is 10.0 Å². The van der Waals surface area contributed by atoms with E-state index in [1.807, 2.05) is 6.92 Å². The van der Waals surface area contributed by atoms with Crippen molar-refractivity contribution in [3.05, 3.63) is 11.8 Å². The molecule has 0 unspecified atom stereocenters. The minimum Gasteiger partial charge on any atom is -0.280 e. The van der Waals surface area contributed by atoms with Gasteiger partial charge >= 0.3 is 0 Å². The topological polar surface area (TPSA) is 74.8 Å². The molecular weight excluding hydrogens is 238 g/mol. The summed E-state index contributed by atoms with van der Waals surface area (Å²) < 4.78 is 26.7. The van der Waals surface area contributed by atoms with Crippen molar-refractivity contribution in [3.63, 3.8) is 0 Å². The molecule has 0 amide bonds. The van der Waals surface area contributed by atoms with Crippen LogP contribution in [0.15, 0.2) is 6.07 Å². The average Bonchev–Trinajstić information content (AvgIpc) is 2.77. The van der Waals surface area contributed by atoms with Crippen molar-refractivity contribution in [1.82, 2.24) is 10.2 Å². The first-order valence-corrected chi connectivity index (χ1v) is 7.72. The number of hydrogen-bond acceptors (Lipinski definition) is 3. The maximum atomic E-state index is 12.1. The van der Waals surface area contributed by atoms with Gasteiger partial charge in [0.1, 0.15) is 0 Å². The number of hydrogen-bond donors (Lipinski definition) is 2. The van der Waals surface area contributed by atoms with Gasteiger partial charge in [0.15, 0.2) is 5.82 Å². The number of nitrogens with zero attached hydrogens (tertiary/aromatic N) is 1. The van der Waals surface area contributed by atoms with Crippen molar-refractivity contribution in [3.8, 4) is 0 Å². The summed E-state index contributed by atoms with van der Waals surface area (Å²) in [7, 11) is -3.26. The quantitative estimate of drug-likeness (QED) is 0.866. The minimum absolute atomic E-state index is 0.252. The summed E-state index contributed by atoms with van der Waals surface area (Å²) in [4.78, 5) is 0. The zero-order valence-corrected chi connectivity index (χ0v) is 10.9. The van der Waals surface area contributed by atoms with Gasteiger partial charge < -0.3 is 0 Å². The zero-order chi connectivity index (χ0) is 12.3. The molecule has 1 saturated carbocycles. The first-order valence-electron chi connectivity index (χ1n) is 6.17. The van der Waals surface area contributed by atoms with Gasteiger partial charge in [-0.05, 0) is 19.3 Å². The summed E-state index contributed by atoms with van der Waals surface area (Å²) in [5.74, 6) is 0.410. The molecule has 0 atom stereocenters. The smallest absolute Gasteiger partial charge is 0.236 e. The highest BCUT2D eigenvalue weighted by atomic mass is 32.2. The molecule has 0 aromatic carbocycles. The van der Waals surface area contributed by atoms with Gasteiger partial charge in [-0.25, -0.2) is 8.42 Å². The molecule has 17 heavy (non-hydrogen) atoms. The molecule has 0 bridgehead atoms. The molecule has 1 aliphatic rings. The lowest BCUT2D eigenvalue weighted by Crippen LogP contribution is -2.29. The molecule has 1 aromatic rings. The summed E-state index contributed by atoms with van der Waals surface area (Å²) in [6, 6.07) is 1.75. The number of aromatic amines is 1. The Morgan fingerprint density at radius 1 is 1.41 bits per heavy atom. The summed E-state index contributed by atoms with van der Waals surface area (Å²) >= 11 is 0. The van der Waals surface area contributed by atoms with E-state index in [1.165, 1.54) is 0 Å². The Hall–Kier alpha value is -1.04. The van der Waals surface area contributed by atoms with Crippen molar-refractivity contribution >= 4 is 15.8 Å². The zero-order valence-electron chi connectivity index (χ0n) is 10.1. The lowest BCUT2D eigenvalue weighted by molar-refractivity contribution is 0.486. The van der Waals surface area contributed by atoms with Gasteiger partial charge in [-0.15, -0.1) is 0 Å². The van der Waals surface area contributed by atoms with Crippen LogP contribution in [-0.2, 0) is 16.4 Å². The second-order valence-corrected chi connectivity index (χ2v) is 6.50. The van der Waals surface area contributed by atoms with E-state index in [0.717, 1.165) is 44.2 Å². The first-order chi connectivity index (χ1) is 8.12. The van der Waals surface area contributed by atoms with Crippen LogP contribution in [0.25, 0.3) is 0 Å². The highest BCUT2D eigenvalue weighted by Gasteiger charge is 2.27. The van der Waals surface area contributed by atoms with E-state index >= 15 is 0 Å². The Kier molecular flexibility index (Phi) is 3.71. The van der Waals surface area contributed by atoms with Gasteiger partial charge in [0.25, 0.3) is 0 Å². The van der Waals surface area contributed by atoms with E-state index in [9.17, 15) is 8.42 Å². The molecule has 0 saturated heterocycles. The van der Waals surface area contributed by atoms with Crippen molar-refractivity contribution in [2.24, 2.45) is 0 Å². The molecule has 96 valence electrons. The Labute approximate surface area is 102 Å². The predicted molar refractivity (Wildman–Crippen MR) is 67.4 cm³/mol. The van der Waals surface area contributed by atoms with Gasteiger partial charge in [-0.1, -0.05) is 26.2 Å². The van der Waals surface area contributed by atoms with Crippen LogP contribution in [0.1, 0.15) is 44.7 Å². The molecule has 0 spiro atoms. The predicted octanol–water partition coefficient (Wildman–Crippen LogP) is 2.05. The van der Waals surface area contributed by atoms with E-state index in [-0.39, 0.29) is 5.25 Å². The molecule has 6 heteroatoms. The van der Waals surface area contributed by atoms with Crippen molar-refractivity contribution < 1.29 is 8.42 Å². The maximum absolute atomic E-state index is 12.1. The van der Waals surface area contributed by atoms with Crippen LogP contribution in [0, 0.1) is 0 Å². The third-order valence-corrected chi connectivity index (χ3v) is 5.09. The van der Waals surface area contributed by atoms with Crippen molar-refractivity contribution in [2.45, 2.75) is 50.7 Å². The van der Waals surface area contributed by atoms with Crippen LogP contribution in [0.4, 0.5) is 5.82 Å². The molecule has 1 aromatic heterocycles. The van der Waals surface area contributed by atoms with Gasteiger partial charge in [-0.2, -0.15) is 5.10 Å². The largest absolute Gasteiger partial charge is 0.280 e. The maximum Gasteiger partial charge on any atom is 0.236 e. The SMILES string of the molecule is CCc1cc(NS(=O)(=O)C2CCCCC2)n[nH]1. The molecule has 2 N–H and O–H groups in total. The van der Waals surface area contributed by atoms with E-state index in [2.05, 4.69) is 14.9 Å². The molecule has 1 aliphatic carbocycles. The van der Waals surface area contributed by atoms with Crippen LogP contribution in [-0.4, -0.2) is 23.9 Å². The molecule has 0 aliphatic heterocycles. The van der Waals surface area contributed by atoms with E-state index in [0.29, 0.717) is 5.82 Å². The van der Waals surface area contributed by atoms with E-state index in [1.54, 1.807) is 6.07 Å². The van der Waals surface area contributed by atoms with Crippen molar-refractivity contribution in [2.75, 3.05) is 4.72 Å². The lowest BCUT2D eigenvalue weighted by Gasteiger charge is -2.21. The third-order valence-electron chi connectivity index (χ3n) is 3.25. The highest BCUT2D eigenvalue weighted by Crippen LogP contribution is 2.24. The second-order valence-electron chi connectivity index (χ2n) is 4.54. The highest BCUT2D eigenvalue weighted by molar-refractivity contribution is 7.93. The standard InChI is InChI=1S/C11H19N3O2S/c1-2-9-8-11(13-12-9)14-17(15,16)10-6-4-3-5-7-10/h8,10H,2-7H2,1H3,(H2,12,13,14). The van der Waals surface area contributed by atoms with Crippen LogP contribution in [0.3, 0.4) is 0 Å². The van der Waals surface area contributed by atoms with Gasteiger partial charge in [-0.3, -0.25) is 9.82 Å². The van der Waals surface area contributed by atoms with Gasteiger partial charge in [0.05, 0.1) is 5.25 Å². The number of aromatic nitrogens is 2. The Bertz CT molecular complexity index is 461. The van der Waals surface area contributed by atoms with E-state index < -0.39 is 10.0 Å². The fraction of sp³-hybridized carbons (Fsp3) is 0.727. The third kappa shape index (κ3) is 3.00. The van der Waals surface area contributed by atoms with E-state index in [4.69, 9.17) is 0 Å². The number of rotatable bonds is 4. The summed E-state index contributed by atoms with van der Waals surface area (Å²) in [5, 5.41) is 6.50. The number of H-pyrrole nitrogens is 1. The number of anilines is 1. The molecular formula is C11H19N3O2S. The summed E-state index contributed by atoms with van der Waals surface area (Å²) in [5.41, 5.74) is 0.936. The molecule has 1 heterocycles. The number of aryl methyl sites for hydroxylation is 1. The number of sulfonamides is 1. The monoisotopic (exact) mass is 257 g/mol. The molecule has 5 nitrogen and oxygen atoms in total. The molecule has 2 rings (SSSR count). The normalized spacial score (nSPS) is 18.2. The summed E-state index contributed by atoms with van der Waals surface area (Å²) in [6.45, 7) is 1.99. The van der Waals surface area contributed by atoms with Crippen LogP contribution in [0.5, 0.6) is 0 Å². The molecule has 0 radical (unpaired) electrons. The Balaban J connectivity index is 2.05. The Morgan fingerprint density at radius 2 is 2.12 bits per heavy atom. The van der Waals surface area contributed by atoms with Crippen LogP contribution < -0.4 is 4.72 Å². The average molecular weight is 257 g/mol. The summed E-state index contributed by atoms with van der Waals surface area (Å²) in [6.07, 6.45) is 5.51. The fourth-order valence-corrected chi connectivity index (χ4v) is 3.72. The van der Waals surface area contributed by atoms with Crippen molar-refractivity contribution in [1.29, 1.82) is 0 Å². The lowest BCUT2D eigenvalue weighted by atomic mass is 10.0. The Morgan fingerprint density at radius 3 is 2.71 bits per heavy atom. The van der Waals surface area contributed by atoms with Crippen LogP contribution in [0.2, 0.25) is 0 Å². The van der Waals surface area contributed by atoms with Crippen LogP contribution >= 0.6 is 0 Å². The van der Waals surface area contributed by atoms with Gasteiger partial charge in [0, 0.05) is 11.8 Å². The fourth-order valence-electron chi connectivity index (χ4n) is 2.20. The first kappa shape index (κ1) is 12.4. The second kappa shape index (κ2) is 5.08.